The summed E-state index contributed by atoms with van der Waals surface area (Å²) in [4.78, 5) is 11.8. The fourth-order valence-electron chi connectivity index (χ4n) is 2.02. The Hall–Kier alpha value is -1.72. The molecule has 0 unspecified atom stereocenters. The number of benzene rings is 1. The van der Waals surface area contributed by atoms with Crippen molar-refractivity contribution in [3.8, 4) is 11.5 Å². The maximum absolute atomic E-state index is 11.8. The van der Waals surface area contributed by atoms with Crippen LogP contribution in [-0.2, 0) is 22.6 Å². The van der Waals surface area contributed by atoms with E-state index in [-0.39, 0.29) is 19.0 Å². The van der Waals surface area contributed by atoms with E-state index in [1.165, 1.54) is 0 Å². The molecule has 0 saturated heterocycles. The SMILES string of the molecule is O=C(Cc1ccsc1)OCc1cc(Cl)c2c(c1)OCCO2. The number of rotatable bonds is 4. The van der Waals surface area contributed by atoms with Gasteiger partial charge in [0.1, 0.15) is 19.8 Å². The first-order valence-corrected chi connectivity index (χ1v) is 7.79. The molecule has 6 heteroatoms. The van der Waals surface area contributed by atoms with Crippen molar-refractivity contribution in [2.75, 3.05) is 13.2 Å². The van der Waals surface area contributed by atoms with Crippen molar-refractivity contribution in [3.63, 3.8) is 0 Å². The molecule has 0 N–H and O–H groups in total. The van der Waals surface area contributed by atoms with Gasteiger partial charge in [-0.25, -0.2) is 0 Å². The monoisotopic (exact) mass is 324 g/mol. The van der Waals surface area contributed by atoms with E-state index < -0.39 is 0 Å². The summed E-state index contributed by atoms with van der Waals surface area (Å²) in [6.45, 7) is 1.14. The molecule has 0 amide bonds. The number of fused-ring (bicyclic) bond motifs is 1. The number of esters is 1. The van der Waals surface area contributed by atoms with Crippen LogP contribution in [0.2, 0.25) is 5.02 Å². The van der Waals surface area contributed by atoms with E-state index in [0.29, 0.717) is 29.7 Å². The number of hydrogen-bond acceptors (Lipinski definition) is 5. The van der Waals surface area contributed by atoms with E-state index in [2.05, 4.69) is 0 Å². The predicted molar refractivity (Wildman–Crippen MR) is 80.3 cm³/mol. The second-order valence-corrected chi connectivity index (χ2v) is 5.76. The molecule has 0 bridgehead atoms. The number of hydrogen-bond donors (Lipinski definition) is 0. The van der Waals surface area contributed by atoms with Crippen LogP contribution < -0.4 is 9.47 Å². The molecule has 0 radical (unpaired) electrons. The molecular weight excluding hydrogens is 312 g/mol. The van der Waals surface area contributed by atoms with Crippen LogP contribution in [0.25, 0.3) is 0 Å². The Morgan fingerprint density at radius 1 is 1.29 bits per heavy atom. The van der Waals surface area contributed by atoms with Crippen molar-refractivity contribution >= 4 is 28.9 Å². The third-order valence-corrected chi connectivity index (χ3v) is 4.00. The molecule has 3 rings (SSSR count). The first-order valence-electron chi connectivity index (χ1n) is 6.47. The van der Waals surface area contributed by atoms with Gasteiger partial charge in [-0.05, 0) is 40.1 Å². The lowest BCUT2D eigenvalue weighted by Crippen LogP contribution is -2.16. The van der Waals surface area contributed by atoms with Gasteiger partial charge in [-0.2, -0.15) is 11.3 Å². The number of carbonyl (C=O) groups excluding carboxylic acids is 1. The van der Waals surface area contributed by atoms with Crippen molar-refractivity contribution in [2.45, 2.75) is 13.0 Å². The standard InChI is InChI=1S/C15H13ClO4S/c16-12-5-11(6-13-15(12)19-3-2-18-13)8-20-14(17)7-10-1-4-21-9-10/h1,4-6,9H,2-3,7-8H2. The highest BCUT2D eigenvalue weighted by Crippen LogP contribution is 2.38. The summed E-state index contributed by atoms with van der Waals surface area (Å²) >= 11 is 7.69. The van der Waals surface area contributed by atoms with Crippen molar-refractivity contribution in [1.29, 1.82) is 0 Å². The Bertz CT molecular complexity index is 639. The Morgan fingerprint density at radius 2 is 2.14 bits per heavy atom. The average Bonchev–Trinajstić information content (AvgIpc) is 2.98. The zero-order valence-electron chi connectivity index (χ0n) is 11.1. The summed E-state index contributed by atoms with van der Waals surface area (Å²) in [7, 11) is 0. The fourth-order valence-corrected chi connectivity index (χ4v) is 2.98. The van der Waals surface area contributed by atoms with Gasteiger partial charge >= 0.3 is 5.97 Å². The minimum absolute atomic E-state index is 0.166. The maximum Gasteiger partial charge on any atom is 0.310 e. The summed E-state index contributed by atoms with van der Waals surface area (Å²) in [5.41, 5.74) is 1.74. The van der Waals surface area contributed by atoms with Gasteiger partial charge in [-0.15, -0.1) is 0 Å². The number of thiophene rings is 1. The topological polar surface area (TPSA) is 44.8 Å². The summed E-state index contributed by atoms with van der Waals surface area (Å²) in [6.07, 6.45) is 0.280. The van der Waals surface area contributed by atoms with Crippen LogP contribution in [0, 0.1) is 0 Å². The summed E-state index contributed by atoms with van der Waals surface area (Å²) < 4.78 is 16.2. The first-order chi connectivity index (χ1) is 10.2. The molecule has 110 valence electrons. The van der Waals surface area contributed by atoms with E-state index in [1.807, 2.05) is 16.8 Å². The van der Waals surface area contributed by atoms with Crippen molar-refractivity contribution in [1.82, 2.24) is 0 Å². The van der Waals surface area contributed by atoms with Gasteiger partial charge in [-0.3, -0.25) is 4.79 Å². The molecule has 1 aromatic carbocycles. The molecule has 0 spiro atoms. The molecule has 2 aromatic rings. The van der Waals surface area contributed by atoms with Gasteiger partial charge < -0.3 is 14.2 Å². The molecule has 0 saturated carbocycles. The highest BCUT2D eigenvalue weighted by atomic mass is 35.5. The fraction of sp³-hybridized carbons (Fsp3) is 0.267. The zero-order chi connectivity index (χ0) is 14.7. The highest BCUT2D eigenvalue weighted by Gasteiger charge is 2.17. The summed E-state index contributed by atoms with van der Waals surface area (Å²) in [6, 6.07) is 5.43. The lowest BCUT2D eigenvalue weighted by atomic mass is 10.2. The Balaban J connectivity index is 1.62. The number of carbonyl (C=O) groups is 1. The lowest BCUT2D eigenvalue weighted by molar-refractivity contribution is -0.144. The van der Waals surface area contributed by atoms with E-state index in [4.69, 9.17) is 25.8 Å². The number of ether oxygens (including phenoxy) is 3. The second kappa shape index (κ2) is 6.37. The molecule has 4 nitrogen and oxygen atoms in total. The maximum atomic E-state index is 11.8. The molecule has 1 aliphatic heterocycles. The van der Waals surface area contributed by atoms with E-state index >= 15 is 0 Å². The van der Waals surface area contributed by atoms with Gasteiger partial charge in [0.15, 0.2) is 11.5 Å². The lowest BCUT2D eigenvalue weighted by Gasteiger charge is -2.20. The molecule has 0 aliphatic carbocycles. The van der Waals surface area contributed by atoms with Crippen LogP contribution in [0.4, 0.5) is 0 Å². The average molecular weight is 325 g/mol. The van der Waals surface area contributed by atoms with Crippen LogP contribution >= 0.6 is 22.9 Å². The van der Waals surface area contributed by atoms with Crippen LogP contribution in [0.1, 0.15) is 11.1 Å². The van der Waals surface area contributed by atoms with Gasteiger partial charge in [-0.1, -0.05) is 11.6 Å². The molecule has 1 aliphatic rings. The first kappa shape index (κ1) is 14.2. The summed E-state index contributed by atoms with van der Waals surface area (Å²) in [5.74, 6) is 0.883. The third kappa shape index (κ3) is 3.49. The third-order valence-electron chi connectivity index (χ3n) is 2.98. The molecule has 21 heavy (non-hydrogen) atoms. The van der Waals surface area contributed by atoms with Gasteiger partial charge in [0.2, 0.25) is 0 Å². The smallest absolute Gasteiger partial charge is 0.310 e. The second-order valence-electron chi connectivity index (χ2n) is 4.57. The number of halogens is 1. The van der Waals surface area contributed by atoms with Crippen molar-refractivity contribution in [3.05, 3.63) is 45.1 Å². The Kier molecular flexibility index (Phi) is 4.31. The van der Waals surface area contributed by atoms with Crippen LogP contribution in [0.3, 0.4) is 0 Å². The normalized spacial score (nSPS) is 13.0. The van der Waals surface area contributed by atoms with Gasteiger partial charge in [0.25, 0.3) is 0 Å². The van der Waals surface area contributed by atoms with Crippen molar-refractivity contribution in [2.24, 2.45) is 0 Å². The van der Waals surface area contributed by atoms with Crippen LogP contribution in [-0.4, -0.2) is 19.2 Å². The molecule has 0 atom stereocenters. The largest absolute Gasteiger partial charge is 0.486 e. The Labute approximate surface area is 131 Å². The quantitative estimate of drug-likeness (QED) is 0.808. The summed E-state index contributed by atoms with van der Waals surface area (Å²) in [5, 5.41) is 4.34. The molecule has 1 aromatic heterocycles. The minimum atomic E-state index is -0.264. The van der Waals surface area contributed by atoms with Gasteiger partial charge in [0.05, 0.1) is 11.4 Å². The molecule has 0 fully saturated rings. The van der Waals surface area contributed by atoms with Crippen molar-refractivity contribution < 1.29 is 19.0 Å². The van der Waals surface area contributed by atoms with E-state index in [9.17, 15) is 4.79 Å². The van der Waals surface area contributed by atoms with Crippen LogP contribution in [0.15, 0.2) is 29.0 Å². The minimum Gasteiger partial charge on any atom is -0.486 e. The van der Waals surface area contributed by atoms with Gasteiger partial charge in [0, 0.05) is 0 Å². The molecule has 2 heterocycles. The van der Waals surface area contributed by atoms with E-state index in [0.717, 1.165) is 11.1 Å². The molecular formula is C15H13ClO4S. The van der Waals surface area contributed by atoms with E-state index in [1.54, 1.807) is 23.5 Å². The Morgan fingerprint density at radius 3 is 2.95 bits per heavy atom. The highest BCUT2D eigenvalue weighted by molar-refractivity contribution is 7.07. The predicted octanol–water partition coefficient (Wildman–Crippen LogP) is 3.46. The zero-order valence-corrected chi connectivity index (χ0v) is 12.7. The van der Waals surface area contributed by atoms with Crippen LogP contribution in [0.5, 0.6) is 11.5 Å².